The summed E-state index contributed by atoms with van der Waals surface area (Å²) in [6.45, 7) is 3.03. The van der Waals surface area contributed by atoms with Crippen molar-refractivity contribution in [3.63, 3.8) is 0 Å². The smallest absolute Gasteiger partial charge is 0.315 e. The SMILES string of the molecule is COCCn1cc(CNC(=O)N[C@@H](C)c2cccc(F)c2F)cn1. The number of rotatable bonds is 7. The van der Waals surface area contributed by atoms with E-state index in [-0.39, 0.29) is 12.1 Å². The third kappa shape index (κ3) is 4.76. The van der Waals surface area contributed by atoms with Crippen LogP contribution in [0.25, 0.3) is 0 Å². The molecule has 0 bridgehead atoms. The van der Waals surface area contributed by atoms with Crippen LogP contribution in [-0.2, 0) is 17.8 Å². The summed E-state index contributed by atoms with van der Waals surface area (Å²) in [5.74, 6) is -1.89. The maximum Gasteiger partial charge on any atom is 0.315 e. The monoisotopic (exact) mass is 338 g/mol. The molecular weight excluding hydrogens is 318 g/mol. The molecule has 0 spiro atoms. The molecule has 0 aliphatic rings. The van der Waals surface area contributed by atoms with E-state index in [1.165, 1.54) is 12.1 Å². The molecule has 24 heavy (non-hydrogen) atoms. The Hall–Kier alpha value is -2.48. The van der Waals surface area contributed by atoms with E-state index < -0.39 is 23.7 Å². The van der Waals surface area contributed by atoms with Gasteiger partial charge in [-0.05, 0) is 13.0 Å². The number of carbonyl (C=O) groups is 1. The normalized spacial score (nSPS) is 12.0. The van der Waals surface area contributed by atoms with E-state index in [1.807, 2.05) is 0 Å². The molecule has 2 amide bonds. The number of nitrogens with one attached hydrogen (secondary N) is 2. The third-order valence-corrected chi connectivity index (χ3v) is 3.46. The van der Waals surface area contributed by atoms with Crippen molar-refractivity contribution in [1.82, 2.24) is 20.4 Å². The number of ether oxygens (including phenoxy) is 1. The zero-order valence-corrected chi connectivity index (χ0v) is 13.6. The fourth-order valence-electron chi connectivity index (χ4n) is 2.17. The lowest BCUT2D eigenvalue weighted by Crippen LogP contribution is -2.36. The first kappa shape index (κ1) is 17.9. The number of amides is 2. The van der Waals surface area contributed by atoms with Crippen LogP contribution in [0.3, 0.4) is 0 Å². The van der Waals surface area contributed by atoms with Crippen molar-refractivity contribution in [1.29, 1.82) is 0 Å². The van der Waals surface area contributed by atoms with E-state index >= 15 is 0 Å². The molecule has 8 heteroatoms. The summed E-state index contributed by atoms with van der Waals surface area (Å²) in [6.07, 6.45) is 3.45. The number of hydrogen-bond donors (Lipinski definition) is 2. The molecule has 0 radical (unpaired) electrons. The van der Waals surface area contributed by atoms with Crippen LogP contribution in [0.1, 0.15) is 24.1 Å². The van der Waals surface area contributed by atoms with Crippen LogP contribution >= 0.6 is 0 Å². The molecule has 1 heterocycles. The number of urea groups is 1. The van der Waals surface area contributed by atoms with E-state index in [1.54, 1.807) is 31.1 Å². The highest BCUT2D eigenvalue weighted by Gasteiger charge is 2.16. The highest BCUT2D eigenvalue weighted by Crippen LogP contribution is 2.18. The van der Waals surface area contributed by atoms with Gasteiger partial charge >= 0.3 is 6.03 Å². The van der Waals surface area contributed by atoms with Gasteiger partial charge in [-0.1, -0.05) is 12.1 Å². The van der Waals surface area contributed by atoms with Gasteiger partial charge in [0.05, 0.1) is 25.4 Å². The number of halogens is 2. The van der Waals surface area contributed by atoms with E-state index in [2.05, 4.69) is 15.7 Å². The zero-order chi connectivity index (χ0) is 17.5. The molecule has 2 rings (SSSR count). The van der Waals surface area contributed by atoms with Gasteiger partial charge < -0.3 is 15.4 Å². The zero-order valence-electron chi connectivity index (χ0n) is 13.6. The molecule has 0 aliphatic carbocycles. The van der Waals surface area contributed by atoms with Crippen molar-refractivity contribution in [2.75, 3.05) is 13.7 Å². The maximum atomic E-state index is 13.7. The molecule has 1 aromatic carbocycles. The Labute approximate surface area is 138 Å². The van der Waals surface area contributed by atoms with Crippen LogP contribution in [-0.4, -0.2) is 29.5 Å². The van der Waals surface area contributed by atoms with E-state index in [0.717, 1.165) is 11.6 Å². The molecule has 1 atom stereocenters. The number of hydrogen-bond acceptors (Lipinski definition) is 3. The van der Waals surface area contributed by atoms with Gasteiger partial charge in [-0.3, -0.25) is 4.68 Å². The second-order valence-corrected chi connectivity index (χ2v) is 5.30. The predicted octanol–water partition coefficient (Wildman–Crippen LogP) is 2.37. The van der Waals surface area contributed by atoms with Gasteiger partial charge in [-0.15, -0.1) is 0 Å². The van der Waals surface area contributed by atoms with Crippen molar-refractivity contribution >= 4 is 6.03 Å². The van der Waals surface area contributed by atoms with Crippen LogP contribution in [0, 0.1) is 11.6 Å². The Morgan fingerprint density at radius 1 is 1.42 bits per heavy atom. The predicted molar refractivity (Wildman–Crippen MR) is 84.2 cm³/mol. The molecule has 130 valence electrons. The molecule has 0 aliphatic heterocycles. The van der Waals surface area contributed by atoms with Crippen molar-refractivity contribution in [2.24, 2.45) is 0 Å². The average Bonchev–Trinajstić information content (AvgIpc) is 3.01. The Kier molecular flexibility index (Phi) is 6.25. The number of aromatic nitrogens is 2. The topological polar surface area (TPSA) is 68.2 Å². The summed E-state index contributed by atoms with van der Waals surface area (Å²) < 4.78 is 33.6. The molecule has 6 nitrogen and oxygen atoms in total. The van der Waals surface area contributed by atoms with Crippen molar-refractivity contribution in [3.8, 4) is 0 Å². The second-order valence-electron chi connectivity index (χ2n) is 5.30. The minimum Gasteiger partial charge on any atom is -0.383 e. The van der Waals surface area contributed by atoms with Gasteiger partial charge in [-0.25, -0.2) is 13.6 Å². The van der Waals surface area contributed by atoms with Gasteiger partial charge in [0.2, 0.25) is 0 Å². The average molecular weight is 338 g/mol. The summed E-state index contributed by atoms with van der Waals surface area (Å²) in [5.41, 5.74) is 0.920. The molecule has 0 saturated heterocycles. The van der Waals surface area contributed by atoms with Crippen molar-refractivity contribution in [2.45, 2.75) is 26.1 Å². The molecule has 2 aromatic rings. The lowest BCUT2D eigenvalue weighted by molar-refractivity contribution is 0.183. The number of nitrogens with zero attached hydrogens (tertiary/aromatic N) is 2. The largest absolute Gasteiger partial charge is 0.383 e. The first-order valence-corrected chi connectivity index (χ1v) is 7.49. The fourth-order valence-corrected chi connectivity index (χ4v) is 2.17. The Morgan fingerprint density at radius 3 is 2.96 bits per heavy atom. The second kappa shape index (κ2) is 8.39. The summed E-state index contributed by atoms with van der Waals surface area (Å²) in [6, 6.07) is 2.73. The summed E-state index contributed by atoms with van der Waals surface area (Å²) in [5, 5.41) is 9.36. The lowest BCUT2D eigenvalue weighted by Gasteiger charge is -2.15. The molecule has 2 N–H and O–H groups in total. The van der Waals surface area contributed by atoms with E-state index in [0.29, 0.717) is 13.2 Å². The number of benzene rings is 1. The standard InChI is InChI=1S/C16H20F2N4O2/c1-11(13-4-3-5-14(17)15(13)18)21-16(23)19-8-12-9-20-22(10-12)6-7-24-2/h3-5,9-11H,6-8H2,1-2H3,(H2,19,21,23)/t11-/m0/s1. The third-order valence-electron chi connectivity index (χ3n) is 3.46. The Bertz CT molecular complexity index is 690. The minimum absolute atomic E-state index is 0.0949. The summed E-state index contributed by atoms with van der Waals surface area (Å²) in [4.78, 5) is 11.9. The van der Waals surface area contributed by atoms with Gasteiger partial charge in [0.15, 0.2) is 11.6 Å². The van der Waals surface area contributed by atoms with Gasteiger partial charge in [0, 0.05) is 31.0 Å². The van der Waals surface area contributed by atoms with Crippen molar-refractivity contribution in [3.05, 3.63) is 53.4 Å². The quantitative estimate of drug-likeness (QED) is 0.814. The fraction of sp³-hybridized carbons (Fsp3) is 0.375. The number of methoxy groups -OCH3 is 1. The number of carbonyl (C=O) groups excluding carboxylic acids is 1. The lowest BCUT2D eigenvalue weighted by atomic mass is 10.1. The van der Waals surface area contributed by atoms with Gasteiger partial charge in [-0.2, -0.15) is 5.10 Å². The van der Waals surface area contributed by atoms with Crippen LogP contribution < -0.4 is 10.6 Å². The molecule has 0 unspecified atom stereocenters. The Balaban J connectivity index is 1.84. The van der Waals surface area contributed by atoms with E-state index in [9.17, 15) is 13.6 Å². The molecule has 0 fully saturated rings. The molecule has 0 saturated carbocycles. The van der Waals surface area contributed by atoms with Crippen LogP contribution in [0.4, 0.5) is 13.6 Å². The Morgan fingerprint density at radius 2 is 2.21 bits per heavy atom. The summed E-state index contributed by atoms with van der Waals surface area (Å²) in [7, 11) is 1.61. The maximum absolute atomic E-state index is 13.7. The van der Waals surface area contributed by atoms with Crippen LogP contribution in [0.5, 0.6) is 0 Å². The van der Waals surface area contributed by atoms with E-state index in [4.69, 9.17) is 4.74 Å². The van der Waals surface area contributed by atoms with Crippen molar-refractivity contribution < 1.29 is 18.3 Å². The first-order valence-electron chi connectivity index (χ1n) is 7.49. The van der Waals surface area contributed by atoms with Gasteiger partial charge in [0.1, 0.15) is 0 Å². The summed E-state index contributed by atoms with van der Waals surface area (Å²) >= 11 is 0. The first-order chi connectivity index (χ1) is 11.5. The van der Waals surface area contributed by atoms with Crippen LogP contribution in [0.2, 0.25) is 0 Å². The highest BCUT2D eigenvalue weighted by atomic mass is 19.2. The highest BCUT2D eigenvalue weighted by molar-refractivity contribution is 5.74. The van der Waals surface area contributed by atoms with Gasteiger partial charge in [0.25, 0.3) is 0 Å². The van der Waals surface area contributed by atoms with Crippen LogP contribution in [0.15, 0.2) is 30.6 Å². The molecular formula is C16H20F2N4O2. The molecule has 1 aromatic heterocycles. The minimum atomic E-state index is -0.954.